The first-order valence-corrected chi connectivity index (χ1v) is 7.03. The maximum Gasteiger partial charge on any atom is 0.303 e. The van der Waals surface area contributed by atoms with E-state index in [1.807, 2.05) is 13.0 Å². The number of amides is 1. The molecule has 0 aromatic heterocycles. The van der Waals surface area contributed by atoms with E-state index in [9.17, 15) is 14.4 Å². The summed E-state index contributed by atoms with van der Waals surface area (Å²) in [5, 5.41) is 8.83. The van der Waals surface area contributed by atoms with E-state index < -0.39 is 11.9 Å². The third-order valence-corrected chi connectivity index (χ3v) is 3.74. The van der Waals surface area contributed by atoms with Gasteiger partial charge in [-0.15, -0.1) is 0 Å². The lowest BCUT2D eigenvalue weighted by molar-refractivity contribution is -0.138. The number of carbonyl (C=O) groups excluding carboxylic acids is 2. The summed E-state index contributed by atoms with van der Waals surface area (Å²) in [6, 6.07) is 0. The van der Waals surface area contributed by atoms with Gasteiger partial charge in [0.1, 0.15) is 0 Å². The van der Waals surface area contributed by atoms with Crippen molar-refractivity contribution in [3.63, 3.8) is 0 Å². The number of nitrogens with two attached hydrogens (primary N) is 1. The molecule has 0 bridgehead atoms. The van der Waals surface area contributed by atoms with Crippen LogP contribution in [-0.4, -0.2) is 22.8 Å². The summed E-state index contributed by atoms with van der Waals surface area (Å²) >= 11 is 0. The van der Waals surface area contributed by atoms with Crippen molar-refractivity contribution in [2.75, 3.05) is 0 Å². The van der Waals surface area contributed by atoms with E-state index in [4.69, 9.17) is 10.8 Å². The quantitative estimate of drug-likeness (QED) is 0.726. The highest BCUT2D eigenvalue weighted by Gasteiger charge is 2.27. The lowest BCUT2D eigenvalue weighted by Gasteiger charge is -2.25. The fourth-order valence-corrected chi connectivity index (χ4v) is 2.85. The van der Waals surface area contributed by atoms with Crippen LogP contribution in [0.1, 0.15) is 46.0 Å². The van der Waals surface area contributed by atoms with E-state index in [1.54, 1.807) is 0 Å². The zero-order valence-corrected chi connectivity index (χ0v) is 12.1. The van der Waals surface area contributed by atoms with Gasteiger partial charge in [0.25, 0.3) is 0 Å². The Hall–Kier alpha value is -1.65. The molecule has 1 aliphatic carbocycles. The molecule has 0 radical (unpaired) electrons. The Balaban J connectivity index is 2.72. The van der Waals surface area contributed by atoms with E-state index in [-0.39, 0.29) is 30.5 Å². The molecule has 20 heavy (non-hydrogen) atoms. The fraction of sp³-hybridized carbons (Fsp3) is 0.667. The number of ketones is 1. The molecule has 3 unspecified atom stereocenters. The molecule has 0 aliphatic heterocycles. The van der Waals surface area contributed by atoms with Crippen molar-refractivity contribution in [3.05, 3.63) is 11.6 Å². The van der Waals surface area contributed by atoms with Crippen LogP contribution in [0.15, 0.2) is 11.6 Å². The predicted octanol–water partition coefficient (Wildman–Crippen LogP) is 1.90. The van der Waals surface area contributed by atoms with Crippen molar-refractivity contribution in [1.29, 1.82) is 0 Å². The molecule has 1 aliphatic rings. The normalized spacial score (nSPS) is 26.5. The van der Waals surface area contributed by atoms with Gasteiger partial charge in [0.05, 0.1) is 0 Å². The molecule has 0 aromatic rings. The summed E-state index contributed by atoms with van der Waals surface area (Å²) < 4.78 is 0. The highest BCUT2D eigenvalue weighted by molar-refractivity contribution is 5.97. The SMILES string of the molecule is CC1C/C(=C\CC(CC(N)=O)CC(=O)O)C(=O)C(C)C1. The topological polar surface area (TPSA) is 97.5 Å². The average molecular weight is 281 g/mol. The maximum atomic E-state index is 12.1. The molecule has 112 valence electrons. The minimum Gasteiger partial charge on any atom is -0.481 e. The Kier molecular flexibility index (Phi) is 5.92. The molecule has 0 heterocycles. The first-order valence-electron chi connectivity index (χ1n) is 7.03. The van der Waals surface area contributed by atoms with Crippen LogP contribution in [0.4, 0.5) is 0 Å². The van der Waals surface area contributed by atoms with Gasteiger partial charge in [-0.2, -0.15) is 0 Å². The van der Waals surface area contributed by atoms with E-state index >= 15 is 0 Å². The molecular weight excluding hydrogens is 258 g/mol. The van der Waals surface area contributed by atoms with Gasteiger partial charge < -0.3 is 10.8 Å². The van der Waals surface area contributed by atoms with Gasteiger partial charge in [-0.05, 0) is 36.7 Å². The van der Waals surface area contributed by atoms with Crippen molar-refractivity contribution in [3.8, 4) is 0 Å². The van der Waals surface area contributed by atoms with Gasteiger partial charge in [-0.1, -0.05) is 19.9 Å². The molecule has 5 heteroatoms. The maximum absolute atomic E-state index is 12.1. The van der Waals surface area contributed by atoms with Crippen molar-refractivity contribution in [2.45, 2.75) is 46.0 Å². The van der Waals surface area contributed by atoms with Gasteiger partial charge >= 0.3 is 5.97 Å². The summed E-state index contributed by atoms with van der Waals surface area (Å²) in [6.45, 7) is 4.03. The molecule has 1 fully saturated rings. The second-order valence-corrected chi connectivity index (χ2v) is 5.91. The van der Waals surface area contributed by atoms with Gasteiger partial charge in [0, 0.05) is 18.8 Å². The molecule has 1 rings (SSSR count). The summed E-state index contributed by atoms with van der Waals surface area (Å²) in [5.41, 5.74) is 5.90. The Bertz CT molecular complexity index is 412. The zero-order chi connectivity index (χ0) is 15.3. The Labute approximate surface area is 119 Å². The van der Waals surface area contributed by atoms with Crippen molar-refractivity contribution >= 4 is 17.7 Å². The first-order chi connectivity index (χ1) is 9.29. The van der Waals surface area contributed by atoms with Gasteiger partial charge in [-0.3, -0.25) is 14.4 Å². The molecule has 1 amide bonds. The molecule has 3 N–H and O–H groups in total. The molecule has 1 saturated carbocycles. The summed E-state index contributed by atoms with van der Waals surface area (Å²) in [5.74, 6) is -1.16. The number of rotatable bonds is 6. The van der Waals surface area contributed by atoms with Gasteiger partial charge in [-0.25, -0.2) is 0 Å². The van der Waals surface area contributed by atoms with Crippen molar-refractivity contribution in [2.24, 2.45) is 23.5 Å². The van der Waals surface area contributed by atoms with E-state index in [1.165, 1.54) is 0 Å². The minimum atomic E-state index is -0.952. The predicted molar refractivity (Wildman–Crippen MR) is 74.8 cm³/mol. The zero-order valence-electron chi connectivity index (χ0n) is 12.1. The number of hydrogen-bond acceptors (Lipinski definition) is 3. The highest BCUT2D eigenvalue weighted by atomic mass is 16.4. The number of carbonyl (C=O) groups is 3. The molecule has 0 aromatic carbocycles. The molecule has 0 spiro atoms. The third-order valence-electron chi connectivity index (χ3n) is 3.74. The van der Waals surface area contributed by atoms with Gasteiger partial charge in [0.15, 0.2) is 5.78 Å². The van der Waals surface area contributed by atoms with Crippen LogP contribution in [-0.2, 0) is 14.4 Å². The number of carboxylic acid groups (broad SMARTS) is 1. The van der Waals surface area contributed by atoms with Gasteiger partial charge in [0.2, 0.25) is 5.91 Å². The number of allylic oxidation sites excluding steroid dienone is 2. The average Bonchev–Trinajstić information content (AvgIpc) is 2.30. The third kappa shape index (κ3) is 5.15. The van der Waals surface area contributed by atoms with Crippen LogP contribution in [0, 0.1) is 17.8 Å². The molecule has 5 nitrogen and oxygen atoms in total. The molecular formula is C15H23NO4. The fourth-order valence-electron chi connectivity index (χ4n) is 2.85. The Morgan fingerprint density at radius 2 is 2.05 bits per heavy atom. The Morgan fingerprint density at radius 1 is 1.40 bits per heavy atom. The minimum absolute atomic E-state index is 0.0269. The second kappa shape index (κ2) is 7.22. The summed E-state index contributed by atoms with van der Waals surface area (Å²) in [4.78, 5) is 33.8. The van der Waals surface area contributed by atoms with E-state index in [2.05, 4.69) is 6.92 Å². The second-order valence-electron chi connectivity index (χ2n) is 5.91. The largest absolute Gasteiger partial charge is 0.481 e. The van der Waals surface area contributed by atoms with Crippen LogP contribution in [0.25, 0.3) is 0 Å². The first kappa shape index (κ1) is 16.4. The molecule has 0 saturated heterocycles. The van der Waals surface area contributed by atoms with Crippen LogP contribution < -0.4 is 5.73 Å². The van der Waals surface area contributed by atoms with Crippen LogP contribution in [0.3, 0.4) is 0 Å². The monoisotopic (exact) mass is 281 g/mol. The summed E-state index contributed by atoms with van der Waals surface area (Å²) in [7, 11) is 0. The number of carboxylic acids is 1. The lowest BCUT2D eigenvalue weighted by atomic mass is 9.78. The lowest BCUT2D eigenvalue weighted by Crippen LogP contribution is -2.24. The van der Waals surface area contributed by atoms with E-state index in [0.29, 0.717) is 12.3 Å². The molecule has 3 atom stereocenters. The van der Waals surface area contributed by atoms with Crippen LogP contribution >= 0.6 is 0 Å². The Morgan fingerprint density at radius 3 is 2.60 bits per heavy atom. The van der Waals surface area contributed by atoms with E-state index in [0.717, 1.165) is 18.4 Å². The standard InChI is InChI=1S/C15H23NO4/c1-9-5-10(2)15(20)12(6-9)4-3-11(7-13(16)17)8-14(18)19/h4,9-11H,3,5-8H2,1-2H3,(H2,16,17)(H,18,19)/b12-4+. The van der Waals surface area contributed by atoms with Crippen molar-refractivity contribution in [1.82, 2.24) is 0 Å². The number of aliphatic carboxylic acids is 1. The smallest absolute Gasteiger partial charge is 0.303 e. The van der Waals surface area contributed by atoms with Crippen LogP contribution in [0.5, 0.6) is 0 Å². The number of Topliss-reactive ketones (excluding diaryl/α,β-unsaturated/α-hetero) is 1. The summed E-state index contributed by atoms with van der Waals surface area (Å²) in [6.07, 6.45) is 3.79. The highest BCUT2D eigenvalue weighted by Crippen LogP contribution is 2.30. The van der Waals surface area contributed by atoms with Crippen molar-refractivity contribution < 1.29 is 19.5 Å². The number of primary amides is 1. The number of hydrogen-bond donors (Lipinski definition) is 2. The van der Waals surface area contributed by atoms with Crippen LogP contribution in [0.2, 0.25) is 0 Å².